The van der Waals surface area contributed by atoms with Gasteiger partial charge >= 0.3 is 11.9 Å². The van der Waals surface area contributed by atoms with Crippen LogP contribution in [0.5, 0.6) is 0 Å². The minimum Gasteiger partial charge on any atom is -0.463 e. The molecule has 0 aliphatic rings. The molecule has 7 heteroatoms. The molecule has 0 amide bonds. The van der Waals surface area contributed by atoms with Gasteiger partial charge in [0.25, 0.3) is 0 Å². The predicted molar refractivity (Wildman–Crippen MR) is 91.5 cm³/mol. The number of aromatic nitrogens is 1. The van der Waals surface area contributed by atoms with Crippen molar-refractivity contribution in [1.82, 2.24) is 4.98 Å². The first-order valence-electron chi connectivity index (χ1n) is 7.44. The van der Waals surface area contributed by atoms with Crippen LogP contribution in [-0.4, -0.2) is 24.0 Å². The smallest absolute Gasteiger partial charge is 0.374 e. The second kappa shape index (κ2) is 7.31. The van der Waals surface area contributed by atoms with Gasteiger partial charge in [-0.15, -0.1) is 11.3 Å². The third-order valence-corrected chi connectivity index (χ3v) is 4.67. The van der Waals surface area contributed by atoms with Crippen molar-refractivity contribution in [2.75, 3.05) is 7.11 Å². The van der Waals surface area contributed by atoms with Crippen LogP contribution in [-0.2, 0) is 16.1 Å². The number of esters is 2. The summed E-state index contributed by atoms with van der Waals surface area (Å²) in [6.45, 7) is 1.68. The van der Waals surface area contributed by atoms with Crippen LogP contribution in [0.25, 0.3) is 10.6 Å². The fraction of sp³-hybridized carbons (Fsp3) is 0.167. The van der Waals surface area contributed by atoms with E-state index < -0.39 is 11.9 Å². The lowest BCUT2D eigenvalue weighted by atomic mass is 10.2. The highest BCUT2D eigenvalue weighted by Gasteiger charge is 2.20. The zero-order valence-electron chi connectivity index (χ0n) is 13.6. The van der Waals surface area contributed by atoms with Crippen molar-refractivity contribution in [1.29, 1.82) is 0 Å². The molecule has 25 heavy (non-hydrogen) atoms. The van der Waals surface area contributed by atoms with Crippen molar-refractivity contribution in [2.24, 2.45) is 0 Å². The van der Waals surface area contributed by atoms with Crippen LogP contribution >= 0.6 is 11.3 Å². The fourth-order valence-corrected chi connectivity index (χ4v) is 3.19. The summed E-state index contributed by atoms with van der Waals surface area (Å²) in [6, 6.07) is 11.2. The Labute approximate surface area is 148 Å². The van der Waals surface area contributed by atoms with Gasteiger partial charge in [0, 0.05) is 11.1 Å². The van der Waals surface area contributed by atoms with Crippen LogP contribution in [0.3, 0.4) is 0 Å². The van der Waals surface area contributed by atoms with Gasteiger partial charge in [0.1, 0.15) is 16.5 Å². The summed E-state index contributed by atoms with van der Waals surface area (Å²) in [5, 5.41) is 0.753. The summed E-state index contributed by atoms with van der Waals surface area (Å²) in [5.74, 6) is -1.08. The van der Waals surface area contributed by atoms with Crippen LogP contribution in [0, 0.1) is 6.92 Å². The molecule has 0 fully saturated rings. The Bertz CT molecular complexity index is 897. The van der Waals surface area contributed by atoms with Crippen molar-refractivity contribution < 1.29 is 23.5 Å². The molecule has 2 aromatic heterocycles. The molecule has 0 N–H and O–H groups in total. The first-order valence-corrected chi connectivity index (χ1v) is 8.26. The van der Waals surface area contributed by atoms with Gasteiger partial charge in [0.2, 0.25) is 5.76 Å². The molecule has 0 aliphatic heterocycles. The Morgan fingerprint density at radius 2 is 1.92 bits per heavy atom. The zero-order valence-corrected chi connectivity index (χ0v) is 14.5. The number of hydrogen-bond acceptors (Lipinski definition) is 7. The van der Waals surface area contributed by atoms with Gasteiger partial charge in [-0.2, -0.15) is 0 Å². The number of methoxy groups -OCH3 is 1. The van der Waals surface area contributed by atoms with Crippen LogP contribution in [0.4, 0.5) is 0 Å². The summed E-state index contributed by atoms with van der Waals surface area (Å²) in [4.78, 5) is 28.8. The van der Waals surface area contributed by atoms with Gasteiger partial charge in [-0.1, -0.05) is 30.3 Å². The molecule has 3 rings (SSSR count). The summed E-state index contributed by atoms with van der Waals surface area (Å²) >= 11 is 1.27. The molecule has 0 spiro atoms. The Hall–Kier alpha value is -2.93. The van der Waals surface area contributed by atoms with E-state index in [-0.39, 0.29) is 12.4 Å². The standard InChI is InChI=1S/C18H15NO5S/c1-11-15(25-16(19-11)12-6-4-3-5-7-12)18(21)24-10-13-8-9-23-14(13)17(20)22-2/h3-9H,10H2,1-2H3. The van der Waals surface area contributed by atoms with E-state index in [1.165, 1.54) is 24.7 Å². The van der Waals surface area contributed by atoms with Gasteiger partial charge in [0.05, 0.1) is 19.1 Å². The first kappa shape index (κ1) is 16.9. The number of hydrogen-bond donors (Lipinski definition) is 0. The summed E-state index contributed by atoms with van der Waals surface area (Å²) in [6.07, 6.45) is 1.35. The number of carbonyl (C=O) groups excluding carboxylic acids is 2. The third kappa shape index (κ3) is 3.61. The van der Waals surface area contributed by atoms with Crippen LogP contribution in [0.15, 0.2) is 47.1 Å². The average Bonchev–Trinajstić information content (AvgIpc) is 3.26. The highest BCUT2D eigenvalue weighted by Crippen LogP contribution is 2.28. The Morgan fingerprint density at radius 3 is 2.64 bits per heavy atom. The predicted octanol–water partition coefficient (Wildman–Crippen LogP) is 3.86. The molecule has 2 heterocycles. The number of carbonyl (C=O) groups is 2. The Kier molecular flexibility index (Phi) is 4.95. The molecular formula is C18H15NO5S. The Morgan fingerprint density at radius 1 is 1.16 bits per heavy atom. The molecule has 0 radical (unpaired) electrons. The molecular weight excluding hydrogens is 342 g/mol. The third-order valence-electron chi connectivity index (χ3n) is 3.48. The number of rotatable bonds is 5. The van der Waals surface area contributed by atoms with Gasteiger partial charge in [-0.3, -0.25) is 0 Å². The molecule has 128 valence electrons. The van der Waals surface area contributed by atoms with Gasteiger partial charge < -0.3 is 13.9 Å². The SMILES string of the molecule is COC(=O)c1occc1COC(=O)c1sc(-c2ccccc2)nc1C. The number of furan rings is 1. The maximum Gasteiger partial charge on any atom is 0.374 e. The van der Waals surface area contributed by atoms with Crippen molar-refractivity contribution in [3.05, 3.63) is 64.6 Å². The van der Waals surface area contributed by atoms with E-state index in [9.17, 15) is 9.59 Å². The fourth-order valence-electron chi connectivity index (χ4n) is 2.22. The van der Waals surface area contributed by atoms with Crippen LogP contribution in [0.1, 0.15) is 31.5 Å². The second-order valence-electron chi connectivity index (χ2n) is 5.14. The van der Waals surface area contributed by atoms with Crippen LogP contribution in [0.2, 0.25) is 0 Å². The maximum atomic E-state index is 12.4. The van der Waals surface area contributed by atoms with E-state index in [4.69, 9.17) is 9.15 Å². The van der Waals surface area contributed by atoms with Crippen molar-refractivity contribution in [2.45, 2.75) is 13.5 Å². The van der Waals surface area contributed by atoms with E-state index >= 15 is 0 Å². The Balaban J connectivity index is 1.73. The molecule has 3 aromatic rings. The zero-order chi connectivity index (χ0) is 17.8. The molecule has 0 atom stereocenters. The van der Waals surface area contributed by atoms with E-state index in [1.807, 2.05) is 30.3 Å². The molecule has 0 saturated heterocycles. The average molecular weight is 357 g/mol. The van der Waals surface area contributed by atoms with E-state index in [0.717, 1.165) is 10.6 Å². The van der Waals surface area contributed by atoms with Gasteiger partial charge in [0.15, 0.2) is 0 Å². The second-order valence-corrected chi connectivity index (χ2v) is 6.14. The molecule has 6 nitrogen and oxygen atoms in total. The van der Waals surface area contributed by atoms with Gasteiger partial charge in [-0.05, 0) is 13.0 Å². The number of nitrogens with zero attached hydrogens (tertiary/aromatic N) is 1. The summed E-state index contributed by atoms with van der Waals surface area (Å²) < 4.78 is 15.0. The number of ether oxygens (including phenoxy) is 2. The lowest BCUT2D eigenvalue weighted by molar-refractivity contribution is 0.0457. The minimum absolute atomic E-state index is 0.0290. The van der Waals surface area contributed by atoms with Crippen molar-refractivity contribution in [3.63, 3.8) is 0 Å². The number of thiazole rings is 1. The molecule has 0 aliphatic carbocycles. The van der Waals surface area contributed by atoms with E-state index in [2.05, 4.69) is 9.72 Å². The molecule has 0 bridgehead atoms. The van der Waals surface area contributed by atoms with Crippen molar-refractivity contribution in [3.8, 4) is 10.6 Å². The topological polar surface area (TPSA) is 78.6 Å². The highest BCUT2D eigenvalue weighted by molar-refractivity contribution is 7.17. The van der Waals surface area contributed by atoms with E-state index in [1.54, 1.807) is 13.0 Å². The minimum atomic E-state index is -0.614. The lowest BCUT2D eigenvalue weighted by Gasteiger charge is -2.03. The summed E-state index contributed by atoms with van der Waals surface area (Å²) in [5.41, 5.74) is 2.00. The monoisotopic (exact) mass is 357 g/mol. The van der Waals surface area contributed by atoms with Crippen molar-refractivity contribution >= 4 is 23.3 Å². The highest BCUT2D eigenvalue weighted by atomic mass is 32.1. The molecule has 0 saturated carbocycles. The quantitative estimate of drug-likeness (QED) is 0.645. The maximum absolute atomic E-state index is 12.4. The summed E-state index contributed by atoms with van der Waals surface area (Å²) in [7, 11) is 1.26. The molecule has 0 unspecified atom stereocenters. The molecule has 1 aromatic carbocycles. The first-order chi connectivity index (χ1) is 12.1. The van der Waals surface area contributed by atoms with Crippen LogP contribution < -0.4 is 0 Å². The largest absolute Gasteiger partial charge is 0.463 e. The normalized spacial score (nSPS) is 10.5. The van der Waals surface area contributed by atoms with E-state index in [0.29, 0.717) is 16.1 Å². The lowest BCUT2D eigenvalue weighted by Crippen LogP contribution is -2.08. The number of aryl methyl sites for hydroxylation is 1. The number of benzene rings is 1. The van der Waals surface area contributed by atoms with Gasteiger partial charge in [-0.25, -0.2) is 14.6 Å².